The molecule has 1 heterocycles. The first kappa shape index (κ1) is 18.5. The molecular weight excluding hydrogens is 326 g/mol. The Balaban J connectivity index is 2.32. The second-order valence-corrected chi connectivity index (χ2v) is 6.03. The van der Waals surface area contributed by atoms with Crippen LogP contribution in [0.1, 0.15) is 30.5 Å². The third kappa shape index (κ3) is 3.65. The Kier molecular flexibility index (Phi) is 5.15. The number of carboxylic acids is 1. The lowest BCUT2D eigenvalue weighted by atomic mass is 10.0. The molecule has 0 fully saturated rings. The van der Waals surface area contributed by atoms with Crippen LogP contribution in [-0.4, -0.2) is 29.1 Å². The van der Waals surface area contributed by atoms with Gasteiger partial charge in [-0.1, -0.05) is 0 Å². The molecule has 1 aromatic carbocycles. The van der Waals surface area contributed by atoms with E-state index >= 15 is 0 Å². The SMILES string of the molecule is Cc1c(C)c2ccc(OC(C)C(=O)N[C@@H](C)C(=O)O)c(C)c2oc1=O. The van der Waals surface area contributed by atoms with Crippen LogP contribution in [0, 0.1) is 20.8 Å². The Morgan fingerprint density at radius 3 is 2.36 bits per heavy atom. The number of hydrogen-bond donors (Lipinski definition) is 2. The number of amides is 1. The third-order valence-corrected chi connectivity index (χ3v) is 4.23. The standard InChI is InChI=1S/C18H21NO6/c1-8-9(2)18(23)25-15-10(3)14(7-6-13(8)15)24-12(5)16(20)19-11(4)17(21)22/h6-7,11-12H,1-5H3,(H,19,20)(H,21,22)/t11-,12?/m0/s1. The second-order valence-electron chi connectivity index (χ2n) is 6.03. The van der Waals surface area contributed by atoms with E-state index in [1.807, 2.05) is 6.92 Å². The van der Waals surface area contributed by atoms with Crippen molar-refractivity contribution in [3.05, 3.63) is 39.2 Å². The van der Waals surface area contributed by atoms with Gasteiger partial charge in [-0.2, -0.15) is 0 Å². The van der Waals surface area contributed by atoms with Crippen LogP contribution in [0.5, 0.6) is 5.75 Å². The average Bonchev–Trinajstić information content (AvgIpc) is 2.55. The largest absolute Gasteiger partial charge is 0.480 e. The van der Waals surface area contributed by atoms with E-state index in [-0.39, 0.29) is 0 Å². The summed E-state index contributed by atoms with van der Waals surface area (Å²) in [7, 11) is 0. The smallest absolute Gasteiger partial charge is 0.339 e. The number of aliphatic carboxylic acids is 1. The van der Waals surface area contributed by atoms with Gasteiger partial charge >= 0.3 is 11.6 Å². The second kappa shape index (κ2) is 6.96. The lowest BCUT2D eigenvalue weighted by Gasteiger charge is -2.18. The van der Waals surface area contributed by atoms with Gasteiger partial charge in [-0.05, 0) is 52.3 Å². The zero-order valence-electron chi connectivity index (χ0n) is 14.8. The minimum Gasteiger partial charge on any atom is -0.480 e. The van der Waals surface area contributed by atoms with Gasteiger partial charge in [0.1, 0.15) is 17.4 Å². The van der Waals surface area contributed by atoms with Crippen molar-refractivity contribution < 1.29 is 23.8 Å². The minimum atomic E-state index is -1.13. The summed E-state index contributed by atoms with van der Waals surface area (Å²) < 4.78 is 11.0. The summed E-state index contributed by atoms with van der Waals surface area (Å²) in [5.41, 5.74) is 1.99. The Labute approximate surface area is 144 Å². The number of ether oxygens (including phenoxy) is 1. The maximum atomic E-state index is 12.0. The maximum Gasteiger partial charge on any atom is 0.339 e. The summed E-state index contributed by atoms with van der Waals surface area (Å²) >= 11 is 0. The number of benzene rings is 1. The van der Waals surface area contributed by atoms with Crippen molar-refractivity contribution in [2.45, 2.75) is 46.8 Å². The molecule has 2 N–H and O–H groups in total. The molecule has 0 bridgehead atoms. The molecule has 0 aliphatic heterocycles. The Hall–Kier alpha value is -2.83. The number of fused-ring (bicyclic) bond motifs is 1. The molecular formula is C18H21NO6. The van der Waals surface area contributed by atoms with Crippen molar-refractivity contribution in [2.75, 3.05) is 0 Å². The topological polar surface area (TPSA) is 106 Å². The number of carbonyl (C=O) groups is 2. The molecule has 1 aromatic heterocycles. The van der Waals surface area contributed by atoms with Crippen molar-refractivity contribution in [3.8, 4) is 5.75 Å². The first-order chi connectivity index (χ1) is 11.6. The molecule has 25 heavy (non-hydrogen) atoms. The quantitative estimate of drug-likeness (QED) is 0.802. The third-order valence-electron chi connectivity index (χ3n) is 4.23. The molecule has 1 unspecified atom stereocenters. The molecule has 1 amide bonds. The highest BCUT2D eigenvalue weighted by molar-refractivity contribution is 5.87. The molecule has 2 atom stereocenters. The molecule has 0 spiro atoms. The van der Waals surface area contributed by atoms with Crippen molar-refractivity contribution in [2.24, 2.45) is 0 Å². The maximum absolute atomic E-state index is 12.0. The molecule has 134 valence electrons. The van der Waals surface area contributed by atoms with E-state index in [4.69, 9.17) is 14.3 Å². The summed E-state index contributed by atoms with van der Waals surface area (Å²) in [6.45, 7) is 8.17. The van der Waals surface area contributed by atoms with Gasteiger partial charge in [-0.3, -0.25) is 9.59 Å². The first-order valence-corrected chi connectivity index (χ1v) is 7.87. The summed E-state index contributed by atoms with van der Waals surface area (Å²) in [6.07, 6.45) is -0.906. The molecule has 2 aromatic rings. The molecule has 0 aliphatic rings. The fraction of sp³-hybridized carbons (Fsp3) is 0.389. The average molecular weight is 347 g/mol. The van der Waals surface area contributed by atoms with Gasteiger partial charge in [0.05, 0.1) is 0 Å². The van der Waals surface area contributed by atoms with Crippen molar-refractivity contribution in [3.63, 3.8) is 0 Å². The molecule has 0 radical (unpaired) electrons. The van der Waals surface area contributed by atoms with E-state index in [0.29, 0.717) is 22.5 Å². The Morgan fingerprint density at radius 2 is 1.76 bits per heavy atom. The van der Waals surface area contributed by atoms with Crippen molar-refractivity contribution in [1.29, 1.82) is 0 Å². The van der Waals surface area contributed by atoms with Crippen molar-refractivity contribution in [1.82, 2.24) is 5.32 Å². The van der Waals surface area contributed by atoms with Crippen LogP contribution in [0.25, 0.3) is 11.0 Å². The summed E-state index contributed by atoms with van der Waals surface area (Å²) in [4.78, 5) is 34.7. The predicted molar refractivity (Wildman–Crippen MR) is 92.0 cm³/mol. The highest BCUT2D eigenvalue weighted by Gasteiger charge is 2.21. The van der Waals surface area contributed by atoms with Gasteiger partial charge in [0.2, 0.25) is 0 Å². The van der Waals surface area contributed by atoms with Crippen LogP contribution in [0.15, 0.2) is 21.3 Å². The van der Waals surface area contributed by atoms with Crippen LogP contribution >= 0.6 is 0 Å². The number of rotatable bonds is 5. The van der Waals surface area contributed by atoms with Gasteiger partial charge in [0.25, 0.3) is 5.91 Å². The van der Waals surface area contributed by atoms with Crippen LogP contribution in [0.3, 0.4) is 0 Å². The zero-order chi connectivity index (χ0) is 18.9. The molecule has 7 nitrogen and oxygen atoms in total. The molecule has 0 saturated carbocycles. The van der Waals surface area contributed by atoms with E-state index in [2.05, 4.69) is 5.32 Å². The van der Waals surface area contributed by atoms with E-state index in [9.17, 15) is 14.4 Å². The zero-order valence-corrected chi connectivity index (χ0v) is 14.8. The van der Waals surface area contributed by atoms with Gasteiger partial charge in [0, 0.05) is 16.5 Å². The normalized spacial score (nSPS) is 13.3. The first-order valence-electron chi connectivity index (χ1n) is 7.87. The number of aryl methyl sites for hydroxylation is 2. The van der Waals surface area contributed by atoms with Gasteiger partial charge < -0.3 is 19.6 Å². The monoisotopic (exact) mass is 347 g/mol. The molecule has 2 rings (SSSR count). The fourth-order valence-corrected chi connectivity index (χ4v) is 2.39. The number of hydrogen-bond acceptors (Lipinski definition) is 5. The minimum absolute atomic E-state index is 0.393. The van der Waals surface area contributed by atoms with E-state index < -0.39 is 29.6 Å². The summed E-state index contributed by atoms with van der Waals surface area (Å²) in [6, 6.07) is 2.46. The van der Waals surface area contributed by atoms with Crippen molar-refractivity contribution >= 4 is 22.8 Å². The van der Waals surface area contributed by atoms with Crippen LogP contribution in [0.2, 0.25) is 0 Å². The van der Waals surface area contributed by atoms with E-state index in [0.717, 1.165) is 10.9 Å². The van der Waals surface area contributed by atoms with Gasteiger partial charge in [-0.25, -0.2) is 4.79 Å². The van der Waals surface area contributed by atoms with Crippen LogP contribution < -0.4 is 15.7 Å². The lowest BCUT2D eigenvalue weighted by Crippen LogP contribution is -2.44. The number of carboxylic acid groups (broad SMARTS) is 1. The highest BCUT2D eigenvalue weighted by Crippen LogP contribution is 2.29. The number of nitrogens with one attached hydrogen (secondary N) is 1. The lowest BCUT2D eigenvalue weighted by molar-refractivity contribution is -0.142. The van der Waals surface area contributed by atoms with Crippen LogP contribution in [-0.2, 0) is 9.59 Å². The molecule has 7 heteroatoms. The predicted octanol–water partition coefficient (Wildman–Crippen LogP) is 2.07. The fourth-order valence-electron chi connectivity index (χ4n) is 2.39. The highest BCUT2D eigenvalue weighted by atomic mass is 16.5. The van der Waals surface area contributed by atoms with Gasteiger partial charge in [0.15, 0.2) is 6.10 Å². The number of carbonyl (C=O) groups excluding carboxylic acids is 1. The molecule has 0 aliphatic carbocycles. The van der Waals surface area contributed by atoms with E-state index in [1.165, 1.54) is 13.8 Å². The summed E-state index contributed by atoms with van der Waals surface area (Å²) in [5.74, 6) is -1.28. The molecule has 0 saturated heterocycles. The van der Waals surface area contributed by atoms with E-state index in [1.54, 1.807) is 26.0 Å². The Morgan fingerprint density at radius 1 is 1.12 bits per heavy atom. The van der Waals surface area contributed by atoms with Crippen LogP contribution in [0.4, 0.5) is 0 Å². The summed E-state index contributed by atoms with van der Waals surface area (Å²) in [5, 5.41) is 12.0. The van der Waals surface area contributed by atoms with Gasteiger partial charge in [-0.15, -0.1) is 0 Å². The Bertz CT molecular complexity index is 899.